The third-order valence-corrected chi connectivity index (χ3v) is 7.17. The monoisotopic (exact) mass is 441 g/mol. The second-order valence-electron chi connectivity index (χ2n) is 9.77. The zero-order valence-corrected chi connectivity index (χ0v) is 19.9. The summed E-state index contributed by atoms with van der Waals surface area (Å²) in [4.78, 5) is 5.23. The van der Waals surface area contributed by atoms with E-state index in [1.165, 1.54) is 96.9 Å². The molecule has 4 rings (SSSR count). The lowest BCUT2D eigenvalue weighted by molar-refractivity contribution is 0.222. The van der Waals surface area contributed by atoms with E-state index in [1.807, 2.05) is 12.1 Å². The van der Waals surface area contributed by atoms with Crippen LogP contribution in [-0.2, 0) is 6.54 Å². The highest BCUT2D eigenvalue weighted by molar-refractivity contribution is 5.91. The normalized spacial score (nSPS) is 18.4. The lowest BCUT2D eigenvalue weighted by atomic mass is 10.1. The van der Waals surface area contributed by atoms with Crippen LogP contribution in [0.3, 0.4) is 0 Å². The molecule has 1 aromatic carbocycles. The van der Waals surface area contributed by atoms with Gasteiger partial charge >= 0.3 is 0 Å². The van der Waals surface area contributed by atoms with Crippen LogP contribution in [0.5, 0.6) is 5.75 Å². The summed E-state index contributed by atoms with van der Waals surface area (Å²) in [6, 6.07) is 5.63. The van der Waals surface area contributed by atoms with Crippen molar-refractivity contribution in [2.24, 2.45) is 0 Å². The number of hydrogen-bond donors (Lipinski definition) is 2. The van der Waals surface area contributed by atoms with Crippen molar-refractivity contribution in [2.75, 3.05) is 51.1 Å². The Morgan fingerprint density at radius 3 is 2.12 bits per heavy atom. The van der Waals surface area contributed by atoms with E-state index in [4.69, 9.17) is 5.10 Å². The Bertz CT molecular complexity index is 808. The average Bonchev–Trinajstić information content (AvgIpc) is 3.16. The molecule has 0 unspecified atom stereocenters. The molecule has 2 aromatic rings. The number of aryl methyl sites for hydroxylation is 1. The highest BCUT2D eigenvalue weighted by Crippen LogP contribution is 2.27. The molecule has 32 heavy (non-hydrogen) atoms. The van der Waals surface area contributed by atoms with Crippen LogP contribution in [0.1, 0.15) is 70.6 Å². The molecule has 0 radical (unpaired) electrons. The first-order chi connectivity index (χ1) is 15.8. The summed E-state index contributed by atoms with van der Waals surface area (Å²) in [6.45, 7) is 9.41. The second kappa shape index (κ2) is 12.4. The summed E-state index contributed by atoms with van der Waals surface area (Å²) < 4.78 is 2.12. The number of phenolic OH excluding ortho intramolecular Hbond substituents is 1. The minimum Gasteiger partial charge on any atom is -0.508 e. The van der Waals surface area contributed by atoms with Crippen molar-refractivity contribution < 1.29 is 5.11 Å². The Morgan fingerprint density at radius 1 is 0.750 bits per heavy atom. The van der Waals surface area contributed by atoms with E-state index in [0.29, 0.717) is 5.75 Å². The molecule has 0 atom stereocenters. The number of aromatic nitrogens is 2. The molecule has 6 nitrogen and oxygen atoms in total. The SMILES string of the molecule is Oc1ccc2c(c1)c(NCCCCCCN1CCCCC1)nn2CCCN1CCCCC1. The largest absolute Gasteiger partial charge is 0.508 e. The van der Waals surface area contributed by atoms with Crippen LogP contribution in [0.4, 0.5) is 5.82 Å². The molecule has 0 aliphatic carbocycles. The Hall–Kier alpha value is -1.79. The number of phenols is 1. The van der Waals surface area contributed by atoms with Gasteiger partial charge in [-0.3, -0.25) is 4.68 Å². The van der Waals surface area contributed by atoms with Gasteiger partial charge in [0.15, 0.2) is 5.82 Å². The number of rotatable bonds is 12. The fraction of sp³-hybridized carbons (Fsp3) is 0.731. The van der Waals surface area contributed by atoms with Crippen molar-refractivity contribution in [1.82, 2.24) is 19.6 Å². The van der Waals surface area contributed by atoms with Crippen LogP contribution in [0.2, 0.25) is 0 Å². The number of nitrogens with zero attached hydrogens (tertiary/aromatic N) is 4. The fourth-order valence-electron chi connectivity index (χ4n) is 5.30. The number of nitrogens with one attached hydrogen (secondary N) is 1. The van der Waals surface area contributed by atoms with E-state index in [2.05, 4.69) is 19.8 Å². The molecule has 2 N–H and O–H groups in total. The van der Waals surface area contributed by atoms with E-state index >= 15 is 0 Å². The van der Waals surface area contributed by atoms with Gasteiger partial charge in [-0.15, -0.1) is 0 Å². The van der Waals surface area contributed by atoms with Crippen LogP contribution in [-0.4, -0.2) is 70.5 Å². The Labute approximate surface area is 194 Å². The predicted molar refractivity (Wildman–Crippen MR) is 134 cm³/mol. The van der Waals surface area contributed by atoms with Gasteiger partial charge in [0, 0.05) is 18.5 Å². The minimum absolute atomic E-state index is 0.311. The zero-order chi connectivity index (χ0) is 22.0. The Morgan fingerprint density at radius 2 is 1.41 bits per heavy atom. The smallest absolute Gasteiger partial charge is 0.156 e. The third kappa shape index (κ3) is 6.85. The standard InChI is InChI=1S/C26H43N5O/c32-23-12-13-25-24(22-23)26(28-31(25)21-11-20-30-18-9-4-10-19-30)27-14-5-1-2-6-15-29-16-7-3-8-17-29/h12-13,22,32H,1-11,14-21H2,(H,27,28). The van der Waals surface area contributed by atoms with Gasteiger partial charge in [0.05, 0.1) is 5.52 Å². The number of hydrogen-bond acceptors (Lipinski definition) is 5. The van der Waals surface area contributed by atoms with Crippen molar-refractivity contribution in [3.05, 3.63) is 18.2 Å². The maximum atomic E-state index is 10.0. The highest BCUT2D eigenvalue weighted by atomic mass is 16.3. The van der Waals surface area contributed by atoms with Gasteiger partial charge < -0.3 is 20.2 Å². The number of unbranched alkanes of at least 4 members (excludes halogenated alkanes) is 3. The number of fused-ring (bicyclic) bond motifs is 1. The molecule has 2 fully saturated rings. The number of aromatic hydroxyl groups is 1. The Balaban J connectivity index is 1.21. The summed E-state index contributed by atoms with van der Waals surface area (Å²) >= 11 is 0. The maximum absolute atomic E-state index is 10.0. The molecule has 2 saturated heterocycles. The van der Waals surface area contributed by atoms with E-state index < -0.39 is 0 Å². The molecular formula is C26H43N5O. The van der Waals surface area contributed by atoms with Crippen LogP contribution < -0.4 is 5.32 Å². The first-order valence-electron chi connectivity index (χ1n) is 13.2. The molecule has 0 spiro atoms. The molecule has 3 heterocycles. The fourth-order valence-corrected chi connectivity index (χ4v) is 5.30. The molecule has 0 saturated carbocycles. The lowest BCUT2D eigenvalue weighted by Gasteiger charge is -2.26. The molecule has 2 aliphatic heterocycles. The number of benzene rings is 1. The van der Waals surface area contributed by atoms with E-state index in [1.54, 1.807) is 6.07 Å². The third-order valence-electron chi connectivity index (χ3n) is 7.17. The van der Waals surface area contributed by atoms with Crippen molar-refractivity contribution in [1.29, 1.82) is 0 Å². The summed E-state index contributed by atoms with van der Waals surface area (Å²) in [5.41, 5.74) is 1.12. The Kier molecular flexibility index (Phi) is 9.09. The molecule has 1 aromatic heterocycles. The van der Waals surface area contributed by atoms with Gasteiger partial charge in [-0.1, -0.05) is 25.7 Å². The van der Waals surface area contributed by atoms with E-state index in [-0.39, 0.29) is 0 Å². The maximum Gasteiger partial charge on any atom is 0.156 e. The summed E-state index contributed by atoms with van der Waals surface area (Å²) in [5, 5.41) is 19.5. The summed E-state index contributed by atoms with van der Waals surface area (Å²) in [6.07, 6.45) is 14.5. The molecule has 6 heteroatoms. The van der Waals surface area contributed by atoms with Gasteiger partial charge in [-0.25, -0.2) is 0 Å². The molecule has 2 aliphatic rings. The first kappa shape index (κ1) is 23.4. The number of likely N-dealkylation sites (tertiary alicyclic amines) is 2. The van der Waals surface area contributed by atoms with Crippen molar-refractivity contribution in [3.8, 4) is 5.75 Å². The molecule has 0 amide bonds. The topological polar surface area (TPSA) is 56.6 Å². The van der Waals surface area contributed by atoms with Crippen molar-refractivity contribution in [3.63, 3.8) is 0 Å². The van der Waals surface area contributed by atoms with Crippen molar-refractivity contribution >= 4 is 16.7 Å². The van der Waals surface area contributed by atoms with Crippen LogP contribution in [0, 0.1) is 0 Å². The minimum atomic E-state index is 0.311. The molecular weight excluding hydrogens is 398 g/mol. The van der Waals surface area contributed by atoms with E-state index in [0.717, 1.165) is 42.8 Å². The first-order valence-corrected chi connectivity index (χ1v) is 13.2. The van der Waals surface area contributed by atoms with Crippen LogP contribution in [0.25, 0.3) is 10.9 Å². The molecule has 0 bridgehead atoms. The van der Waals surface area contributed by atoms with Gasteiger partial charge in [0.1, 0.15) is 5.75 Å². The van der Waals surface area contributed by atoms with E-state index in [9.17, 15) is 5.11 Å². The average molecular weight is 442 g/mol. The number of piperidine rings is 2. The zero-order valence-electron chi connectivity index (χ0n) is 19.9. The van der Waals surface area contributed by atoms with Gasteiger partial charge in [-0.05, 0) is 102 Å². The quantitative estimate of drug-likeness (QED) is 0.450. The van der Waals surface area contributed by atoms with Crippen molar-refractivity contribution in [2.45, 2.75) is 77.2 Å². The molecule has 178 valence electrons. The van der Waals surface area contributed by atoms with Gasteiger partial charge in [-0.2, -0.15) is 5.10 Å². The summed E-state index contributed by atoms with van der Waals surface area (Å²) in [5.74, 6) is 1.23. The van der Waals surface area contributed by atoms with Gasteiger partial charge in [0.25, 0.3) is 0 Å². The lowest BCUT2D eigenvalue weighted by Crippen LogP contribution is -2.31. The van der Waals surface area contributed by atoms with Crippen LogP contribution in [0.15, 0.2) is 18.2 Å². The predicted octanol–water partition coefficient (Wildman–Crippen LogP) is 5.08. The summed E-state index contributed by atoms with van der Waals surface area (Å²) in [7, 11) is 0. The van der Waals surface area contributed by atoms with Crippen LogP contribution >= 0.6 is 0 Å². The highest BCUT2D eigenvalue weighted by Gasteiger charge is 2.13. The van der Waals surface area contributed by atoms with Gasteiger partial charge in [0.2, 0.25) is 0 Å². The second-order valence-corrected chi connectivity index (χ2v) is 9.77. The number of anilines is 1.